The van der Waals surface area contributed by atoms with Gasteiger partial charge in [0.2, 0.25) is 6.41 Å². The van der Waals surface area contributed by atoms with Gasteiger partial charge in [0.1, 0.15) is 0 Å². The summed E-state index contributed by atoms with van der Waals surface area (Å²) in [5.41, 5.74) is 0. The molecule has 1 fully saturated rings. The van der Waals surface area contributed by atoms with Crippen LogP contribution in [0.5, 0.6) is 0 Å². The third-order valence-electron chi connectivity index (χ3n) is 1.99. The van der Waals surface area contributed by atoms with Crippen LogP contribution in [-0.2, 0) is 0 Å². The lowest BCUT2D eigenvalue weighted by Gasteiger charge is -2.23. The minimum absolute atomic E-state index is 0.328. The molecule has 0 radical (unpaired) electrons. The molecule has 0 atom stereocenters. The molecule has 0 unspecified atom stereocenters. The maximum atomic E-state index is 8.55. The fourth-order valence-electron chi connectivity index (χ4n) is 1.48. The van der Waals surface area contributed by atoms with E-state index in [0.717, 1.165) is 12.8 Å². The second-order valence-corrected chi connectivity index (χ2v) is 2.88. The Morgan fingerprint density at radius 3 is 2.20 bits per heavy atom. The summed E-state index contributed by atoms with van der Waals surface area (Å²) in [5.74, 6) is 0. The molecule has 0 aliphatic heterocycles. The van der Waals surface area contributed by atoms with E-state index in [1.54, 1.807) is 0 Å². The molecule has 3 nitrogen and oxygen atoms in total. The van der Waals surface area contributed by atoms with Gasteiger partial charge < -0.3 is 10.2 Å². The van der Waals surface area contributed by atoms with Gasteiger partial charge >= 0.3 is 0 Å². The summed E-state index contributed by atoms with van der Waals surface area (Å²) in [7, 11) is 0. The minimum atomic E-state index is -1.33. The predicted octanol–water partition coefficient (Wildman–Crippen LogP) is 0.177. The van der Waals surface area contributed by atoms with Crippen LogP contribution in [0.25, 0.3) is 0 Å². The highest BCUT2D eigenvalue weighted by atomic mass is 16.5. The van der Waals surface area contributed by atoms with Crippen LogP contribution in [0, 0.1) is 0 Å². The Morgan fingerprint density at radius 1 is 1.10 bits per heavy atom. The molecule has 0 saturated heterocycles. The SMILES string of the molecule is OC(O)NC1CCCCC1. The molecule has 0 aromatic heterocycles. The lowest BCUT2D eigenvalue weighted by molar-refractivity contribution is -0.0758. The number of nitrogens with one attached hydrogen (secondary N) is 1. The Morgan fingerprint density at radius 2 is 1.70 bits per heavy atom. The molecule has 1 saturated carbocycles. The van der Waals surface area contributed by atoms with E-state index >= 15 is 0 Å². The largest absolute Gasteiger partial charge is 0.356 e. The highest BCUT2D eigenvalue weighted by molar-refractivity contribution is 4.70. The molecule has 0 aromatic rings. The molecular weight excluding hydrogens is 130 g/mol. The van der Waals surface area contributed by atoms with Gasteiger partial charge in [-0.25, -0.2) is 0 Å². The van der Waals surface area contributed by atoms with Gasteiger partial charge in [-0.2, -0.15) is 0 Å². The summed E-state index contributed by atoms with van der Waals surface area (Å²) >= 11 is 0. The van der Waals surface area contributed by atoms with Gasteiger partial charge in [0.05, 0.1) is 0 Å². The molecule has 0 spiro atoms. The highest BCUT2D eigenvalue weighted by Crippen LogP contribution is 2.17. The van der Waals surface area contributed by atoms with E-state index in [-0.39, 0.29) is 0 Å². The predicted molar refractivity (Wildman–Crippen MR) is 38.2 cm³/mol. The van der Waals surface area contributed by atoms with E-state index in [4.69, 9.17) is 10.2 Å². The van der Waals surface area contributed by atoms with E-state index in [0.29, 0.717) is 6.04 Å². The zero-order valence-electron chi connectivity index (χ0n) is 6.08. The Bertz CT molecular complexity index is 89.6. The second kappa shape index (κ2) is 3.91. The van der Waals surface area contributed by atoms with E-state index in [2.05, 4.69) is 5.32 Å². The Balaban J connectivity index is 2.13. The van der Waals surface area contributed by atoms with Crippen molar-refractivity contribution in [2.24, 2.45) is 0 Å². The minimum Gasteiger partial charge on any atom is -0.356 e. The van der Waals surface area contributed by atoms with Crippen molar-refractivity contribution in [1.82, 2.24) is 5.32 Å². The van der Waals surface area contributed by atoms with Gasteiger partial charge in [-0.3, -0.25) is 5.32 Å². The smallest absolute Gasteiger partial charge is 0.211 e. The zero-order valence-corrected chi connectivity index (χ0v) is 6.08. The standard InChI is InChI=1S/C7H15NO2/c9-7(10)8-6-4-2-1-3-5-6/h6-10H,1-5H2. The molecule has 0 heterocycles. The summed E-state index contributed by atoms with van der Waals surface area (Å²) in [6.45, 7) is 0. The lowest BCUT2D eigenvalue weighted by atomic mass is 9.96. The number of aliphatic hydroxyl groups excluding tert-OH is 1. The van der Waals surface area contributed by atoms with Gasteiger partial charge in [-0.1, -0.05) is 19.3 Å². The maximum Gasteiger partial charge on any atom is 0.211 e. The van der Waals surface area contributed by atoms with E-state index in [1.807, 2.05) is 0 Å². The van der Waals surface area contributed by atoms with Gasteiger partial charge in [-0.05, 0) is 12.8 Å². The quantitative estimate of drug-likeness (QED) is 0.486. The van der Waals surface area contributed by atoms with E-state index < -0.39 is 6.41 Å². The van der Waals surface area contributed by atoms with Crippen molar-refractivity contribution >= 4 is 0 Å². The molecule has 10 heavy (non-hydrogen) atoms. The molecule has 3 heteroatoms. The summed E-state index contributed by atoms with van der Waals surface area (Å²) in [5, 5.41) is 19.8. The second-order valence-electron chi connectivity index (χ2n) is 2.88. The summed E-state index contributed by atoms with van der Waals surface area (Å²) in [6, 6.07) is 0.328. The van der Waals surface area contributed by atoms with Gasteiger partial charge in [0.25, 0.3) is 0 Å². The van der Waals surface area contributed by atoms with Crippen molar-refractivity contribution in [2.75, 3.05) is 0 Å². The van der Waals surface area contributed by atoms with Crippen LogP contribution < -0.4 is 5.32 Å². The molecule has 0 aromatic carbocycles. The maximum absolute atomic E-state index is 8.55. The summed E-state index contributed by atoms with van der Waals surface area (Å²) in [4.78, 5) is 0. The van der Waals surface area contributed by atoms with Crippen molar-refractivity contribution in [3.8, 4) is 0 Å². The molecule has 0 amide bonds. The average molecular weight is 145 g/mol. The summed E-state index contributed by atoms with van der Waals surface area (Å²) < 4.78 is 0. The van der Waals surface area contributed by atoms with Crippen LogP contribution >= 0.6 is 0 Å². The molecular formula is C7H15NO2. The molecule has 1 rings (SSSR count). The first-order valence-corrected chi connectivity index (χ1v) is 3.91. The molecule has 1 aliphatic carbocycles. The van der Waals surface area contributed by atoms with Crippen LogP contribution in [0.4, 0.5) is 0 Å². The number of hydrogen-bond donors (Lipinski definition) is 3. The topological polar surface area (TPSA) is 52.5 Å². The Kier molecular flexibility index (Phi) is 3.12. The molecule has 1 aliphatic rings. The van der Waals surface area contributed by atoms with Crippen molar-refractivity contribution in [2.45, 2.75) is 44.6 Å². The first-order valence-electron chi connectivity index (χ1n) is 3.91. The molecule has 0 bridgehead atoms. The highest BCUT2D eigenvalue weighted by Gasteiger charge is 2.14. The van der Waals surface area contributed by atoms with Gasteiger partial charge in [-0.15, -0.1) is 0 Å². The third-order valence-corrected chi connectivity index (χ3v) is 1.99. The van der Waals surface area contributed by atoms with Crippen molar-refractivity contribution in [3.63, 3.8) is 0 Å². The lowest BCUT2D eigenvalue weighted by Crippen LogP contribution is -2.39. The Labute approximate surface area is 61.1 Å². The monoisotopic (exact) mass is 145 g/mol. The van der Waals surface area contributed by atoms with E-state index in [9.17, 15) is 0 Å². The van der Waals surface area contributed by atoms with Gasteiger partial charge in [0, 0.05) is 6.04 Å². The normalized spacial score (nSPS) is 21.9. The number of aliphatic hydroxyl groups is 2. The van der Waals surface area contributed by atoms with Crippen molar-refractivity contribution in [1.29, 1.82) is 0 Å². The van der Waals surface area contributed by atoms with Crippen LogP contribution in [0.2, 0.25) is 0 Å². The third kappa shape index (κ3) is 2.64. The average Bonchev–Trinajstić information content (AvgIpc) is 1.88. The summed E-state index contributed by atoms with van der Waals surface area (Å²) in [6.07, 6.45) is 4.55. The van der Waals surface area contributed by atoms with Crippen LogP contribution in [0.15, 0.2) is 0 Å². The van der Waals surface area contributed by atoms with Crippen molar-refractivity contribution < 1.29 is 10.2 Å². The van der Waals surface area contributed by atoms with Gasteiger partial charge in [0.15, 0.2) is 0 Å². The number of rotatable bonds is 2. The van der Waals surface area contributed by atoms with Crippen LogP contribution in [0.1, 0.15) is 32.1 Å². The zero-order chi connectivity index (χ0) is 7.40. The first-order chi connectivity index (χ1) is 4.79. The van der Waals surface area contributed by atoms with Crippen LogP contribution in [-0.4, -0.2) is 22.7 Å². The molecule has 3 N–H and O–H groups in total. The van der Waals surface area contributed by atoms with Crippen LogP contribution in [0.3, 0.4) is 0 Å². The molecule has 60 valence electrons. The Hall–Kier alpha value is -0.120. The fraction of sp³-hybridized carbons (Fsp3) is 1.00. The van der Waals surface area contributed by atoms with E-state index in [1.165, 1.54) is 19.3 Å². The first kappa shape index (κ1) is 7.98. The number of hydrogen-bond acceptors (Lipinski definition) is 3. The fourth-order valence-corrected chi connectivity index (χ4v) is 1.48. The van der Waals surface area contributed by atoms with Crippen molar-refractivity contribution in [3.05, 3.63) is 0 Å².